The number of fused-ring (bicyclic) bond motifs is 1. The van der Waals surface area contributed by atoms with Gasteiger partial charge in [0, 0.05) is 18.8 Å². The number of nitrogens with zero attached hydrogens (tertiary/aromatic N) is 1. The Morgan fingerprint density at radius 2 is 1.88 bits per heavy atom. The third-order valence-corrected chi connectivity index (χ3v) is 3.81. The first-order chi connectivity index (χ1) is 11.7. The summed E-state index contributed by atoms with van der Waals surface area (Å²) in [5.41, 5.74) is 0.814. The summed E-state index contributed by atoms with van der Waals surface area (Å²) in [7, 11) is 1.64. The molecule has 0 spiro atoms. The van der Waals surface area contributed by atoms with Crippen LogP contribution in [-0.2, 0) is 17.9 Å². The zero-order valence-electron chi connectivity index (χ0n) is 13.4. The van der Waals surface area contributed by atoms with Crippen molar-refractivity contribution in [3.8, 4) is 5.75 Å². The number of hydrogen-bond acceptors (Lipinski definition) is 3. The lowest BCUT2D eigenvalue weighted by molar-refractivity contribution is -0.121. The quantitative estimate of drug-likeness (QED) is 0.784. The minimum absolute atomic E-state index is 0.0183. The number of nitrogens with one attached hydrogen (secondary N) is 1. The molecule has 0 saturated carbocycles. The van der Waals surface area contributed by atoms with E-state index in [0.29, 0.717) is 6.54 Å². The first-order valence-corrected chi connectivity index (χ1v) is 7.64. The molecule has 2 aromatic carbocycles. The molecule has 0 aliphatic rings. The summed E-state index contributed by atoms with van der Waals surface area (Å²) in [5.74, 6) is 0.620. The number of amides is 1. The van der Waals surface area contributed by atoms with Crippen LogP contribution >= 0.6 is 0 Å². The van der Waals surface area contributed by atoms with Crippen LogP contribution in [-0.4, -0.2) is 17.6 Å². The average molecular weight is 322 g/mol. The number of pyridine rings is 1. The van der Waals surface area contributed by atoms with Crippen LogP contribution in [0.4, 0.5) is 0 Å². The fourth-order valence-electron chi connectivity index (χ4n) is 2.51. The van der Waals surface area contributed by atoms with Gasteiger partial charge >= 0.3 is 0 Å². The van der Waals surface area contributed by atoms with Gasteiger partial charge < -0.3 is 14.6 Å². The van der Waals surface area contributed by atoms with Crippen LogP contribution < -0.4 is 15.6 Å². The second kappa shape index (κ2) is 7.00. The average Bonchev–Trinajstić information content (AvgIpc) is 2.61. The van der Waals surface area contributed by atoms with Crippen molar-refractivity contribution < 1.29 is 9.53 Å². The molecule has 0 saturated heterocycles. The lowest BCUT2D eigenvalue weighted by Gasteiger charge is -2.08. The van der Waals surface area contributed by atoms with Gasteiger partial charge in [-0.05, 0) is 40.6 Å². The summed E-state index contributed by atoms with van der Waals surface area (Å²) >= 11 is 0. The van der Waals surface area contributed by atoms with Crippen molar-refractivity contribution in [2.45, 2.75) is 13.1 Å². The molecular weight excluding hydrogens is 304 g/mol. The molecule has 1 N–H and O–H groups in total. The highest BCUT2D eigenvalue weighted by Crippen LogP contribution is 2.21. The standard InChI is InChI=1S/C19H18N2O3/c1-24-17-8-7-15-10-14(5-6-16(15)11-17)12-20-18(22)13-21-9-3-2-4-19(21)23/h2-11H,12-13H2,1H3,(H,20,22). The molecule has 0 atom stereocenters. The molecule has 5 nitrogen and oxygen atoms in total. The van der Waals surface area contributed by atoms with Gasteiger partial charge in [-0.25, -0.2) is 0 Å². The van der Waals surface area contributed by atoms with Gasteiger partial charge in [-0.3, -0.25) is 9.59 Å². The van der Waals surface area contributed by atoms with Gasteiger partial charge in [-0.2, -0.15) is 0 Å². The first kappa shape index (κ1) is 15.8. The Kier molecular flexibility index (Phi) is 4.61. The van der Waals surface area contributed by atoms with Crippen LogP contribution in [0, 0.1) is 0 Å². The van der Waals surface area contributed by atoms with Gasteiger partial charge in [0.05, 0.1) is 7.11 Å². The second-order valence-electron chi connectivity index (χ2n) is 5.49. The molecule has 0 aliphatic heterocycles. The highest BCUT2D eigenvalue weighted by atomic mass is 16.5. The second-order valence-corrected chi connectivity index (χ2v) is 5.49. The molecule has 1 aromatic heterocycles. The SMILES string of the molecule is COc1ccc2cc(CNC(=O)Cn3ccccc3=O)ccc2c1. The predicted octanol–water partition coefficient (Wildman–Crippen LogP) is 2.33. The summed E-state index contributed by atoms with van der Waals surface area (Å²) in [6.07, 6.45) is 1.60. The molecule has 0 radical (unpaired) electrons. The lowest BCUT2D eigenvalue weighted by Crippen LogP contribution is -2.31. The van der Waals surface area contributed by atoms with Crippen molar-refractivity contribution in [2.75, 3.05) is 7.11 Å². The smallest absolute Gasteiger partial charge is 0.250 e. The van der Waals surface area contributed by atoms with E-state index in [1.807, 2.05) is 36.4 Å². The molecule has 0 bridgehead atoms. The van der Waals surface area contributed by atoms with Crippen molar-refractivity contribution in [1.82, 2.24) is 9.88 Å². The predicted molar refractivity (Wildman–Crippen MR) is 93.0 cm³/mol. The van der Waals surface area contributed by atoms with Crippen molar-refractivity contribution in [2.24, 2.45) is 0 Å². The largest absolute Gasteiger partial charge is 0.497 e. The van der Waals surface area contributed by atoms with Crippen molar-refractivity contribution in [1.29, 1.82) is 0 Å². The number of carbonyl (C=O) groups is 1. The van der Waals surface area contributed by atoms with E-state index < -0.39 is 0 Å². The highest BCUT2D eigenvalue weighted by molar-refractivity contribution is 5.84. The van der Waals surface area contributed by atoms with Gasteiger partial charge in [0.1, 0.15) is 12.3 Å². The van der Waals surface area contributed by atoms with Crippen molar-refractivity contribution >= 4 is 16.7 Å². The Bertz CT molecular complexity index is 931. The van der Waals surface area contributed by atoms with E-state index in [-0.39, 0.29) is 18.0 Å². The zero-order valence-corrected chi connectivity index (χ0v) is 13.4. The molecule has 0 unspecified atom stereocenters. The van der Waals surface area contributed by atoms with E-state index in [1.54, 1.807) is 25.4 Å². The van der Waals surface area contributed by atoms with E-state index in [4.69, 9.17) is 4.74 Å². The number of hydrogen-bond donors (Lipinski definition) is 1. The molecular formula is C19H18N2O3. The Morgan fingerprint density at radius 1 is 1.08 bits per heavy atom. The molecule has 0 aliphatic carbocycles. The van der Waals surface area contributed by atoms with Crippen LogP contribution in [0.3, 0.4) is 0 Å². The molecule has 1 heterocycles. The van der Waals surface area contributed by atoms with Crippen LogP contribution in [0.1, 0.15) is 5.56 Å². The molecule has 122 valence electrons. The topological polar surface area (TPSA) is 60.3 Å². The fourth-order valence-corrected chi connectivity index (χ4v) is 2.51. The molecule has 3 rings (SSSR count). The summed E-state index contributed by atoms with van der Waals surface area (Å²) in [5, 5.41) is 5.01. The maximum atomic E-state index is 12.0. The van der Waals surface area contributed by atoms with Crippen LogP contribution in [0.15, 0.2) is 65.6 Å². The number of ether oxygens (including phenoxy) is 1. The third-order valence-electron chi connectivity index (χ3n) is 3.81. The summed E-state index contributed by atoms with van der Waals surface area (Å²) < 4.78 is 6.59. The van der Waals surface area contributed by atoms with Gasteiger partial charge in [-0.1, -0.05) is 24.3 Å². The summed E-state index contributed by atoms with van der Waals surface area (Å²) in [6.45, 7) is 0.437. The number of benzene rings is 2. The molecule has 5 heteroatoms. The molecule has 24 heavy (non-hydrogen) atoms. The number of methoxy groups -OCH3 is 1. The van der Waals surface area contributed by atoms with E-state index in [0.717, 1.165) is 22.1 Å². The Morgan fingerprint density at radius 3 is 2.67 bits per heavy atom. The Balaban J connectivity index is 1.66. The van der Waals surface area contributed by atoms with Crippen molar-refractivity contribution in [3.05, 3.63) is 76.7 Å². The van der Waals surface area contributed by atoms with E-state index >= 15 is 0 Å². The molecule has 1 amide bonds. The summed E-state index contributed by atoms with van der Waals surface area (Å²) in [6, 6.07) is 16.7. The van der Waals surface area contributed by atoms with Gasteiger partial charge in [0.25, 0.3) is 5.56 Å². The van der Waals surface area contributed by atoms with Gasteiger partial charge in [0.15, 0.2) is 0 Å². The maximum absolute atomic E-state index is 12.0. The number of rotatable bonds is 5. The highest BCUT2D eigenvalue weighted by Gasteiger charge is 2.04. The van der Waals surface area contributed by atoms with E-state index in [2.05, 4.69) is 5.32 Å². The number of carbonyl (C=O) groups excluding carboxylic acids is 1. The Labute approximate surface area is 139 Å². The maximum Gasteiger partial charge on any atom is 0.250 e. The minimum Gasteiger partial charge on any atom is -0.497 e. The fraction of sp³-hybridized carbons (Fsp3) is 0.158. The van der Waals surface area contributed by atoms with E-state index in [1.165, 1.54) is 10.6 Å². The molecule has 3 aromatic rings. The van der Waals surface area contributed by atoms with Crippen molar-refractivity contribution in [3.63, 3.8) is 0 Å². The third kappa shape index (κ3) is 3.63. The van der Waals surface area contributed by atoms with E-state index in [9.17, 15) is 9.59 Å². The first-order valence-electron chi connectivity index (χ1n) is 7.64. The van der Waals surface area contributed by atoms with Gasteiger partial charge in [0.2, 0.25) is 5.91 Å². The van der Waals surface area contributed by atoms with Crippen LogP contribution in [0.25, 0.3) is 10.8 Å². The number of aromatic nitrogens is 1. The van der Waals surface area contributed by atoms with Gasteiger partial charge in [-0.15, -0.1) is 0 Å². The lowest BCUT2D eigenvalue weighted by atomic mass is 10.1. The molecule has 0 fully saturated rings. The van der Waals surface area contributed by atoms with Crippen LogP contribution in [0.5, 0.6) is 5.75 Å². The van der Waals surface area contributed by atoms with Crippen LogP contribution in [0.2, 0.25) is 0 Å². The normalized spacial score (nSPS) is 10.5. The summed E-state index contributed by atoms with van der Waals surface area (Å²) in [4.78, 5) is 23.6. The minimum atomic E-state index is -0.196. The Hall–Kier alpha value is -3.08. The zero-order chi connectivity index (χ0) is 16.9. The monoisotopic (exact) mass is 322 g/mol.